The SMILES string of the molecule is O=C(COC(=O)/C=C/c1cn(-c2ccccc2)nc1-c1ccc(F)cc1)NNC(=O)c1cccs1. The van der Waals surface area contributed by atoms with Crippen LogP contribution in [0.4, 0.5) is 4.39 Å². The molecule has 0 aliphatic heterocycles. The predicted octanol–water partition coefficient (Wildman–Crippen LogP) is 3.76. The Morgan fingerprint density at radius 2 is 1.77 bits per heavy atom. The van der Waals surface area contributed by atoms with Gasteiger partial charge in [0.1, 0.15) is 5.82 Å². The number of esters is 1. The molecule has 2 amide bonds. The minimum absolute atomic E-state index is 0.373. The van der Waals surface area contributed by atoms with Gasteiger partial charge in [-0.15, -0.1) is 11.3 Å². The van der Waals surface area contributed by atoms with Crippen LogP contribution in [0.5, 0.6) is 0 Å². The van der Waals surface area contributed by atoms with Gasteiger partial charge in [0.15, 0.2) is 6.61 Å². The Morgan fingerprint density at radius 3 is 2.49 bits per heavy atom. The quantitative estimate of drug-likeness (QED) is 0.233. The summed E-state index contributed by atoms with van der Waals surface area (Å²) in [5.74, 6) is -2.30. The number of hydrogen-bond donors (Lipinski definition) is 2. The third kappa shape index (κ3) is 6.27. The third-order valence-corrected chi connectivity index (χ3v) is 5.55. The number of thiophene rings is 1. The molecule has 0 aliphatic carbocycles. The van der Waals surface area contributed by atoms with E-state index in [1.807, 2.05) is 30.3 Å². The Morgan fingerprint density at radius 1 is 1.00 bits per heavy atom. The average molecular weight is 491 g/mol. The highest BCUT2D eigenvalue weighted by atomic mass is 32.1. The number of para-hydroxylation sites is 1. The number of benzene rings is 2. The number of carbonyl (C=O) groups excluding carboxylic acids is 3. The van der Waals surface area contributed by atoms with E-state index in [2.05, 4.69) is 16.0 Å². The summed E-state index contributed by atoms with van der Waals surface area (Å²) in [5.41, 5.74) is 7.01. The lowest BCUT2D eigenvalue weighted by atomic mass is 10.1. The Kier molecular flexibility index (Phi) is 7.44. The second-order valence-corrected chi connectivity index (χ2v) is 8.09. The predicted molar refractivity (Wildman–Crippen MR) is 129 cm³/mol. The van der Waals surface area contributed by atoms with Gasteiger partial charge in [-0.05, 0) is 53.9 Å². The van der Waals surface area contributed by atoms with Crippen molar-refractivity contribution in [2.75, 3.05) is 6.61 Å². The van der Waals surface area contributed by atoms with Crippen LogP contribution in [0.15, 0.2) is 84.4 Å². The zero-order valence-electron chi connectivity index (χ0n) is 18.2. The maximum Gasteiger partial charge on any atom is 0.331 e. The molecule has 4 aromatic rings. The maximum atomic E-state index is 13.4. The molecule has 35 heavy (non-hydrogen) atoms. The Bertz CT molecular complexity index is 1350. The van der Waals surface area contributed by atoms with E-state index < -0.39 is 24.4 Å². The van der Waals surface area contributed by atoms with Crippen molar-refractivity contribution in [2.45, 2.75) is 0 Å². The maximum absolute atomic E-state index is 13.4. The monoisotopic (exact) mass is 490 g/mol. The zero-order chi connectivity index (χ0) is 24.6. The number of rotatable bonds is 7. The van der Waals surface area contributed by atoms with E-state index in [0.717, 1.165) is 11.8 Å². The average Bonchev–Trinajstić information content (AvgIpc) is 3.56. The van der Waals surface area contributed by atoms with Crippen molar-refractivity contribution in [3.8, 4) is 16.9 Å². The van der Waals surface area contributed by atoms with Crippen LogP contribution in [0.25, 0.3) is 23.0 Å². The Balaban J connectivity index is 1.41. The Hall–Kier alpha value is -4.57. The first-order valence-corrected chi connectivity index (χ1v) is 11.3. The molecule has 0 fully saturated rings. The standard InChI is InChI=1S/C25H19FN4O4S/c26-19-11-8-17(9-12-19)24-18(15-30(29-24)20-5-2-1-3-6-20)10-13-23(32)34-16-22(31)27-28-25(33)21-7-4-14-35-21/h1-15H,16H2,(H,27,31)(H,28,33)/b13-10+. The van der Waals surface area contributed by atoms with Gasteiger partial charge in [-0.1, -0.05) is 24.3 Å². The molecule has 0 bridgehead atoms. The molecule has 0 unspecified atom stereocenters. The van der Waals surface area contributed by atoms with Crippen molar-refractivity contribution in [1.82, 2.24) is 20.6 Å². The fourth-order valence-electron chi connectivity index (χ4n) is 3.03. The van der Waals surface area contributed by atoms with Crippen LogP contribution in [-0.4, -0.2) is 34.2 Å². The van der Waals surface area contributed by atoms with Gasteiger partial charge in [-0.3, -0.25) is 20.4 Å². The first-order chi connectivity index (χ1) is 17.0. The number of halogens is 1. The number of nitrogens with zero attached hydrogens (tertiary/aromatic N) is 2. The first kappa shape index (κ1) is 23.6. The number of aromatic nitrogens is 2. The number of hydrazine groups is 1. The highest BCUT2D eigenvalue weighted by Gasteiger charge is 2.12. The molecule has 2 aromatic heterocycles. The summed E-state index contributed by atoms with van der Waals surface area (Å²) in [4.78, 5) is 36.3. The molecule has 176 valence electrons. The van der Waals surface area contributed by atoms with Crippen LogP contribution in [-0.2, 0) is 14.3 Å². The zero-order valence-corrected chi connectivity index (χ0v) is 19.0. The van der Waals surface area contributed by atoms with E-state index in [1.165, 1.54) is 29.5 Å². The summed E-state index contributed by atoms with van der Waals surface area (Å²) >= 11 is 1.22. The van der Waals surface area contributed by atoms with E-state index in [-0.39, 0.29) is 5.82 Å². The lowest BCUT2D eigenvalue weighted by Gasteiger charge is -2.06. The number of hydrogen-bond acceptors (Lipinski definition) is 6. The first-order valence-electron chi connectivity index (χ1n) is 10.4. The second-order valence-electron chi connectivity index (χ2n) is 7.14. The van der Waals surface area contributed by atoms with E-state index in [4.69, 9.17) is 4.74 Å². The highest BCUT2D eigenvalue weighted by Crippen LogP contribution is 2.25. The number of carbonyl (C=O) groups is 3. The highest BCUT2D eigenvalue weighted by molar-refractivity contribution is 7.12. The van der Waals surface area contributed by atoms with E-state index in [9.17, 15) is 18.8 Å². The molecule has 0 spiro atoms. The summed E-state index contributed by atoms with van der Waals surface area (Å²) in [6.07, 6.45) is 4.39. The van der Waals surface area contributed by atoms with Crippen molar-refractivity contribution in [3.05, 3.63) is 101 Å². The van der Waals surface area contributed by atoms with E-state index in [0.29, 0.717) is 21.7 Å². The van der Waals surface area contributed by atoms with Gasteiger partial charge in [0.25, 0.3) is 11.8 Å². The lowest BCUT2D eigenvalue weighted by molar-refractivity contribution is -0.144. The Labute approximate surface area is 203 Å². The number of amides is 2. The summed E-state index contributed by atoms with van der Waals surface area (Å²) in [7, 11) is 0. The molecule has 0 saturated heterocycles. The third-order valence-electron chi connectivity index (χ3n) is 4.69. The van der Waals surface area contributed by atoms with Gasteiger partial charge >= 0.3 is 5.97 Å². The molecule has 10 heteroatoms. The van der Waals surface area contributed by atoms with Crippen LogP contribution < -0.4 is 10.9 Å². The van der Waals surface area contributed by atoms with Crippen LogP contribution in [0, 0.1) is 5.82 Å². The van der Waals surface area contributed by atoms with Crippen molar-refractivity contribution in [1.29, 1.82) is 0 Å². The summed E-state index contributed by atoms with van der Waals surface area (Å²) in [6, 6.07) is 18.5. The van der Waals surface area contributed by atoms with Gasteiger partial charge < -0.3 is 4.74 Å². The van der Waals surface area contributed by atoms with Gasteiger partial charge in [-0.2, -0.15) is 5.10 Å². The van der Waals surface area contributed by atoms with Crippen LogP contribution >= 0.6 is 11.3 Å². The molecule has 0 atom stereocenters. The molecule has 8 nitrogen and oxygen atoms in total. The van der Waals surface area contributed by atoms with Crippen molar-refractivity contribution < 1.29 is 23.5 Å². The molecule has 4 rings (SSSR count). The van der Waals surface area contributed by atoms with Crippen LogP contribution in [0.1, 0.15) is 15.2 Å². The summed E-state index contributed by atoms with van der Waals surface area (Å²) < 4.78 is 20.0. The molecule has 2 heterocycles. The minimum Gasteiger partial charge on any atom is -0.452 e. The molecular formula is C25H19FN4O4S. The molecule has 2 N–H and O–H groups in total. The summed E-state index contributed by atoms with van der Waals surface area (Å²) in [5, 5.41) is 6.31. The van der Waals surface area contributed by atoms with Gasteiger partial charge in [-0.25, -0.2) is 13.9 Å². The number of nitrogens with one attached hydrogen (secondary N) is 2. The second kappa shape index (κ2) is 11.0. The van der Waals surface area contributed by atoms with Crippen LogP contribution in [0.2, 0.25) is 0 Å². The number of ether oxygens (including phenoxy) is 1. The van der Waals surface area contributed by atoms with Gasteiger partial charge in [0, 0.05) is 23.4 Å². The van der Waals surface area contributed by atoms with Crippen LogP contribution in [0.3, 0.4) is 0 Å². The van der Waals surface area contributed by atoms with Crippen molar-refractivity contribution >= 4 is 35.2 Å². The molecule has 0 radical (unpaired) electrons. The van der Waals surface area contributed by atoms with Crippen molar-refractivity contribution in [2.24, 2.45) is 0 Å². The fourth-order valence-corrected chi connectivity index (χ4v) is 3.65. The smallest absolute Gasteiger partial charge is 0.331 e. The largest absolute Gasteiger partial charge is 0.452 e. The minimum atomic E-state index is -0.762. The molecule has 2 aromatic carbocycles. The topological polar surface area (TPSA) is 102 Å². The van der Waals surface area contributed by atoms with Crippen molar-refractivity contribution in [3.63, 3.8) is 0 Å². The fraction of sp³-hybridized carbons (Fsp3) is 0.0400. The van der Waals surface area contributed by atoms with E-state index >= 15 is 0 Å². The van der Waals surface area contributed by atoms with E-state index in [1.54, 1.807) is 40.5 Å². The molecule has 0 aliphatic rings. The molecule has 0 saturated carbocycles. The summed E-state index contributed by atoms with van der Waals surface area (Å²) in [6.45, 7) is -0.581. The lowest BCUT2D eigenvalue weighted by Crippen LogP contribution is -2.43. The van der Waals surface area contributed by atoms with Gasteiger partial charge in [0.05, 0.1) is 16.3 Å². The van der Waals surface area contributed by atoms with Gasteiger partial charge in [0.2, 0.25) is 0 Å². The normalized spacial score (nSPS) is 10.8. The molecular weight excluding hydrogens is 471 g/mol.